The van der Waals surface area contributed by atoms with Gasteiger partial charge in [0.05, 0.1) is 24.6 Å². The summed E-state index contributed by atoms with van der Waals surface area (Å²) in [7, 11) is 0. The highest BCUT2D eigenvalue weighted by Crippen LogP contribution is 2.27. The van der Waals surface area contributed by atoms with Crippen molar-refractivity contribution in [3.8, 4) is 0 Å². The van der Waals surface area contributed by atoms with E-state index in [1.165, 1.54) is 18.2 Å². The number of nitro groups is 1. The molecule has 0 bridgehead atoms. The van der Waals surface area contributed by atoms with Crippen LogP contribution in [0.3, 0.4) is 0 Å². The molecule has 136 valence electrons. The number of halogens is 1. The lowest BCUT2D eigenvalue weighted by atomic mass is 10.2. The minimum absolute atomic E-state index is 0.00966. The van der Waals surface area contributed by atoms with Crippen LogP contribution in [0.1, 0.15) is 26.7 Å². The highest BCUT2D eigenvalue weighted by molar-refractivity contribution is 6.36. The molecule has 0 atom stereocenters. The van der Waals surface area contributed by atoms with E-state index in [-0.39, 0.29) is 48.2 Å². The summed E-state index contributed by atoms with van der Waals surface area (Å²) in [4.78, 5) is 33.8. The average Bonchev–Trinajstić information content (AvgIpc) is 2.55. The molecule has 1 rings (SSSR count). The molecule has 25 heavy (non-hydrogen) atoms. The Morgan fingerprint density at radius 2 is 1.92 bits per heavy atom. The monoisotopic (exact) mass is 371 g/mol. The predicted octanol–water partition coefficient (Wildman–Crippen LogP) is 2.92. The quantitative estimate of drug-likeness (QED) is 0.306. The Kier molecular flexibility index (Phi) is 8.34. The van der Waals surface area contributed by atoms with Gasteiger partial charge in [0.15, 0.2) is 0 Å². The van der Waals surface area contributed by atoms with Crippen molar-refractivity contribution in [3.05, 3.63) is 33.3 Å². The molecule has 0 aromatic heterocycles. The van der Waals surface area contributed by atoms with Crippen molar-refractivity contribution in [2.24, 2.45) is 5.10 Å². The van der Waals surface area contributed by atoms with Gasteiger partial charge in [-0.2, -0.15) is 5.10 Å². The van der Waals surface area contributed by atoms with Crippen molar-refractivity contribution in [1.82, 2.24) is 0 Å². The Hall–Kier alpha value is -2.68. The molecule has 0 saturated carbocycles. The van der Waals surface area contributed by atoms with E-state index in [2.05, 4.69) is 10.5 Å². The van der Waals surface area contributed by atoms with Gasteiger partial charge in [0.2, 0.25) is 0 Å². The van der Waals surface area contributed by atoms with Crippen molar-refractivity contribution < 1.29 is 24.0 Å². The fourth-order valence-corrected chi connectivity index (χ4v) is 1.93. The molecule has 10 heteroatoms. The molecule has 0 amide bonds. The van der Waals surface area contributed by atoms with Crippen molar-refractivity contribution in [2.45, 2.75) is 26.7 Å². The molecular formula is C15H18ClN3O6. The van der Waals surface area contributed by atoms with E-state index in [0.29, 0.717) is 0 Å². The van der Waals surface area contributed by atoms with Gasteiger partial charge in [0.1, 0.15) is 11.4 Å². The second kappa shape index (κ2) is 10.2. The number of anilines is 1. The van der Waals surface area contributed by atoms with Crippen LogP contribution in [0.2, 0.25) is 5.02 Å². The van der Waals surface area contributed by atoms with Crippen LogP contribution in [-0.4, -0.2) is 35.8 Å². The number of esters is 2. The summed E-state index contributed by atoms with van der Waals surface area (Å²) in [5.41, 5.74) is 2.09. The standard InChI is InChI=1S/C15H18ClN3O6/c1-3-24-14(20)8-6-11(15(21)25-4-2)17-18-12-9-10(16)5-7-13(12)19(22)23/h5,7,9,18H,3-4,6,8H2,1-2H3/b17-11-. The highest BCUT2D eigenvalue weighted by Gasteiger charge is 2.18. The number of hydrazone groups is 1. The van der Waals surface area contributed by atoms with Crippen LogP contribution < -0.4 is 5.43 Å². The van der Waals surface area contributed by atoms with Crippen LogP contribution in [0.5, 0.6) is 0 Å². The smallest absolute Gasteiger partial charge is 0.354 e. The van der Waals surface area contributed by atoms with E-state index in [1.54, 1.807) is 13.8 Å². The second-order valence-electron chi connectivity index (χ2n) is 4.61. The van der Waals surface area contributed by atoms with Gasteiger partial charge in [-0.05, 0) is 26.0 Å². The molecule has 0 heterocycles. The normalized spacial score (nSPS) is 10.9. The zero-order valence-electron chi connectivity index (χ0n) is 13.8. The van der Waals surface area contributed by atoms with Gasteiger partial charge < -0.3 is 9.47 Å². The number of carbonyl (C=O) groups excluding carboxylic acids is 2. The minimum atomic E-state index is -0.732. The maximum Gasteiger partial charge on any atom is 0.354 e. The van der Waals surface area contributed by atoms with Crippen molar-refractivity contribution in [2.75, 3.05) is 18.6 Å². The van der Waals surface area contributed by atoms with Crippen LogP contribution in [0.15, 0.2) is 23.3 Å². The Balaban J connectivity index is 2.98. The number of nitrogens with one attached hydrogen (secondary N) is 1. The fourth-order valence-electron chi connectivity index (χ4n) is 1.76. The molecule has 0 fully saturated rings. The Morgan fingerprint density at radius 3 is 2.52 bits per heavy atom. The lowest BCUT2D eigenvalue weighted by Gasteiger charge is -2.08. The lowest BCUT2D eigenvalue weighted by Crippen LogP contribution is -2.20. The number of nitrogens with zero attached hydrogens (tertiary/aromatic N) is 2. The largest absolute Gasteiger partial charge is 0.466 e. The maximum atomic E-state index is 11.9. The third-order valence-corrected chi connectivity index (χ3v) is 3.08. The highest BCUT2D eigenvalue weighted by atomic mass is 35.5. The molecule has 1 aromatic carbocycles. The summed E-state index contributed by atoms with van der Waals surface area (Å²) in [6.45, 7) is 3.63. The van der Waals surface area contributed by atoms with E-state index >= 15 is 0 Å². The predicted molar refractivity (Wildman–Crippen MR) is 91.7 cm³/mol. The molecule has 0 aliphatic heterocycles. The first-order valence-corrected chi connectivity index (χ1v) is 7.86. The van der Waals surface area contributed by atoms with Crippen LogP contribution in [-0.2, 0) is 19.1 Å². The molecule has 0 unspecified atom stereocenters. The third-order valence-electron chi connectivity index (χ3n) is 2.85. The van der Waals surface area contributed by atoms with Crippen LogP contribution in [0, 0.1) is 10.1 Å². The van der Waals surface area contributed by atoms with Gasteiger partial charge >= 0.3 is 11.9 Å². The van der Waals surface area contributed by atoms with Gasteiger partial charge in [-0.25, -0.2) is 4.79 Å². The van der Waals surface area contributed by atoms with Gasteiger partial charge in [-0.3, -0.25) is 20.3 Å². The fraction of sp³-hybridized carbons (Fsp3) is 0.400. The molecule has 1 N–H and O–H groups in total. The van der Waals surface area contributed by atoms with Crippen LogP contribution >= 0.6 is 11.6 Å². The number of rotatable bonds is 9. The van der Waals surface area contributed by atoms with Crippen molar-refractivity contribution in [1.29, 1.82) is 0 Å². The molecule has 0 radical (unpaired) electrons. The van der Waals surface area contributed by atoms with Gasteiger partial charge in [0, 0.05) is 17.5 Å². The van der Waals surface area contributed by atoms with E-state index in [1.807, 2.05) is 0 Å². The average molecular weight is 372 g/mol. The molecule has 0 aliphatic rings. The number of carbonyl (C=O) groups is 2. The summed E-state index contributed by atoms with van der Waals surface area (Å²) >= 11 is 5.82. The first-order chi connectivity index (χ1) is 11.9. The molecule has 9 nitrogen and oxygen atoms in total. The second-order valence-corrected chi connectivity index (χ2v) is 5.05. The summed E-state index contributed by atoms with van der Waals surface area (Å²) in [5, 5.41) is 15.1. The Morgan fingerprint density at radius 1 is 1.24 bits per heavy atom. The maximum absolute atomic E-state index is 11.9. The van der Waals surface area contributed by atoms with Gasteiger partial charge in [-0.15, -0.1) is 0 Å². The zero-order valence-corrected chi connectivity index (χ0v) is 14.5. The minimum Gasteiger partial charge on any atom is -0.466 e. The number of hydrogen-bond acceptors (Lipinski definition) is 8. The molecule has 1 aromatic rings. The van der Waals surface area contributed by atoms with E-state index in [0.717, 1.165) is 0 Å². The van der Waals surface area contributed by atoms with E-state index < -0.39 is 16.9 Å². The zero-order chi connectivity index (χ0) is 18.8. The lowest BCUT2D eigenvalue weighted by molar-refractivity contribution is -0.384. The summed E-state index contributed by atoms with van der Waals surface area (Å²) in [6, 6.07) is 3.88. The first-order valence-electron chi connectivity index (χ1n) is 7.48. The third kappa shape index (κ3) is 6.76. The van der Waals surface area contributed by atoms with Crippen molar-refractivity contribution >= 4 is 40.6 Å². The van der Waals surface area contributed by atoms with E-state index in [4.69, 9.17) is 21.1 Å². The van der Waals surface area contributed by atoms with Crippen LogP contribution in [0.4, 0.5) is 11.4 Å². The molecule has 0 spiro atoms. The SMILES string of the molecule is CCOC(=O)CC/C(=N/Nc1cc(Cl)ccc1[N+](=O)[O-])C(=O)OCC. The van der Waals surface area contributed by atoms with E-state index in [9.17, 15) is 19.7 Å². The van der Waals surface area contributed by atoms with Crippen molar-refractivity contribution in [3.63, 3.8) is 0 Å². The summed E-state index contributed by atoms with van der Waals surface area (Å²) in [6.07, 6.45) is -0.121. The Bertz CT molecular complexity index is 677. The van der Waals surface area contributed by atoms with Crippen LogP contribution in [0.25, 0.3) is 0 Å². The number of benzene rings is 1. The Labute approximate surface area is 149 Å². The summed E-state index contributed by atoms with van der Waals surface area (Å²) in [5.74, 6) is -1.22. The summed E-state index contributed by atoms with van der Waals surface area (Å²) < 4.78 is 9.65. The van der Waals surface area contributed by atoms with Gasteiger partial charge in [0.25, 0.3) is 5.69 Å². The molecule has 0 saturated heterocycles. The number of ether oxygens (including phenoxy) is 2. The topological polar surface area (TPSA) is 120 Å². The van der Waals surface area contributed by atoms with Gasteiger partial charge in [-0.1, -0.05) is 11.6 Å². The first kappa shape index (κ1) is 20.4. The molecular weight excluding hydrogens is 354 g/mol. The number of hydrogen-bond donors (Lipinski definition) is 1. The number of nitro benzene ring substituents is 1. The molecule has 0 aliphatic carbocycles.